The van der Waals surface area contributed by atoms with E-state index in [0.717, 1.165) is 28.2 Å². The fraction of sp³-hybridized carbons (Fsp3) is 0.167. The molecule has 3 heterocycles. The number of hydrogen-bond acceptors (Lipinski definition) is 4. The topological polar surface area (TPSA) is 38.1 Å². The van der Waals surface area contributed by atoms with Crippen molar-refractivity contribution in [3.63, 3.8) is 0 Å². The molecule has 0 bridgehead atoms. The fourth-order valence-corrected chi connectivity index (χ4v) is 5.69. The van der Waals surface area contributed by atoms with Gasteiger partial charge in [-0.1, -0.05) is 54.6 Å². The Morgan fingerprint density at radius 2 is 1.73 bits per heavy atom. The zero-order valence-corrected chi connectivity index (χ0v) is 18.0. The molecule has 4 aromatic rings. The van der Waals surface area contributed by atoms with Crippen molar-refractivity contribution >= 4 is 29.0 Å². The minimum Gasteiger partial charge on any atom is -0.325 e. The minimum atomic E-state index is -0.0178. The molecule has 1 fully saturated rings. The van der Waals surface area contributed by atoms with Gasteiger partial charge >= 0.3 is 0 Å². The summed E-state index contributed by atoms with van der Waals surface area (Å²) < 4.78 is 1.93. The average molecular weight is 432 g/mol. The Bertz CT molecular complexity index is 1120. The lowest BCUT2D eigenvalue weighted by atomic mass is 10.1. The molecule has 0 aliphatic carbocycles. The van der Waals surface area contributed by atoms with Crippen LogP contribution < -0.4 is 0 Å². The smallest absolute Gasteiger partial charge is 0.233 e. The first-order valence-electron chi connectivity index (χ1n) is 9.93. The first kappa shape index (κ1) is 19.2. The van der Waals surface area contributed by atoms with Gasteiger partial charge in [0.1, 0.15) is 11.1 Å². The number of para-hydroxylation sites is 1. The molecule has 1 saturated heterocycles. The normalized spacial score (nSPS) is 16.3. The Morgan fingerprint density at radius 3 is 2.47 bits per heavy atom. The van der Waals surface area contributed by atoms with Gasteiger partial charge in [0, 0.05) is 18.3 Å². The van der Waals surface area contributed by atoms with Gasteiger partial charge < -0.3 is 4.90 Å². The molecule has 1 aliphatic rings. The Hall–Kier alpha value is -2.83. The molecule has 150 valence electrons. The summed E-state index contributed by atoms with van der Waals surface area (Å²) in [5.74, 6) is 0.713. The fourth-order valence-electron chi connectivity index (χ4n) is 3.73. The van der Waals surface area contributed by atoms with Crippen molar-refractivity contribution in [1.29, 1.82) is 0 Å². The van der Waals surface area contributed by atoms with Crippen LogP contribution in [0.4, 0.5) is 0 Å². The molecule has 1 amide bonds. The van der Waals surface area contributed by atoms with Crippen LogP contribution in [0.2, 0.25) is 0 Å². The zero-order chi connectivity index (χ0) is 20.3. The van der Waals surface area contributed by atoms with E-state index >= 15 is 0 Å². The molecule has 30 heavy (non-hydrogen) atoms. The highest BCUT2D eigenvalue weighted by molar-refractivity contribution is 8.00. The van der Waals surface area contributed by atoms with Crippen molar-refractivity contribution in [1.82, 2.24) is 14.7 Å². The summed E-state index contributed by atoms with van der Waals surface area (Å²) in [6, 6.07) is 24.6. The van der Waals surface area contributed by atoms with Gasteiger partial charge in [0.15, 0.2) is 0 Å². The van der Waals surface area contributed by atoms with E-state index < -0.39 is 0 Å². The average Bonchev–Trinajstić information content (AvgIpc) is 3.53. The summed E-state index contributed by atoms with van der Waals surface area (Å²) in [5, 5.41) is 6.97. The van der Waals surface area contributed by atoms with Crippen molar-refractivity contribution in [3.8, 4) is 16.3 Å². The molecule has 6 heteroatoms. The van der Waals surface area contributed by atoms with Gasteiger partial charge in [-0.2, -0.15) is 5.10 Å². The monoisotopic (exact) mass is 431 g/mol. The molecule has 2 aromatic carbocycles. The third-order valence-corrected chi connectivity index (χ3v) is 7.35. The molecule has 2 aromatic heterocycles. The first-order chi connectivity index (χ1) is 14.8. The highest BCUT2D eigenvalue weighted by Gasteiger charge is 2.35. The maximum Gasteiger partial charge on any atom is 0.233 e. The molecule has 0 N–H and O–H groups in total. The van der Waals surface area contributed by atoms with Crippen LogP contribution >= 0.6 is 23.1 Å². The van der Waals surface area contributed by atoms with Gasteiger partial charge in [0.05, 0.1) is 16.3 Å². The second-order valence-electron chi connectivity index (χ2n) is 7.18. The number of aromatic nitrogens is 2. The van der Waals surface area contributed by atoms with Crippen LogP contribution in [-0.2, 0) is 11.2 Å². The number of rotatable bonds is 6. The molecular formula is C24H21N3OS2. The van der Waals surface area contributed by atoms with Crippen LogP contribution in [0.15, 0.2) is 84.4 Å². The quantitative estimate of drug-likeness (QED) is 0.409. The molecule has 1 atom stereocenters. The molecule has 0 radical (unpaired) electrons. The number of thioether (sulfide) groups is 1. The number of carbonyl (C=O) groups is 1. The minimum absolute atomic E-state index is 0.0178. The SMILES string of the molecule is O=C1CSC(c2cn(-c3ccccc3)nc2-c2cccs2)N1CCc1ccccc1. The van der Waals surface area contributed by atoms with E-state index in [1.165, 1.54) is 5.56 Å². The summed E-state index contributed by atoms with van der Waals surface area (Å²) in [6.07, 6.45) is 2.95. The number of thiophene rings is 1. The van der Waals surface area contributed by atoms with Gasteiger partial charge in [0.25, 0.3) is 0 Å². The number of benzene rings is 2. The van der Waals surface area contributed by atoms with Crippen LogP contribution in [0.25, 0.3) is 16.3 Å². The largest absolute Gasteiger partial charge is 0.325 e. The van der Waals surface area contributed by atoms with Crippen molar-refractivity contribution in [2.75, 3.05) is 12.3 Å². The van der Waals surface area contributed by atoms with Crippen LogP contribution in [-0.4, -0.2) is 32.9 Å². The highest BCUT2D eigenvalue weighted by atomic mass is 32.2. The van der Waals surface area contributed by atoms with Crippen LogP contribution in [0.1, 0.15) is 16.5 Å². The number of hydrogen-bond donors (Lipinski definition) is 0. The Kier molecular flexibility index (Phi) is 5.43. The maximum absolute atomic E-state index is 12.7. The van der Waals surface area contributed by atoms with E-state index in [2.05, 4.69) is 41.9 Å². The summed E-state index contributed by atoms with van der Waals surface area (Å²) in [5.41, 5.74) is 4.34. The Labute approximate surface area is 184 Å². The summed E-state index contributed by atoms with van der Waals surface area (Å²) in [7, 11) is 0. The third kappa shape index (κ3) is 3.80. The number of carbonyl (C=O) groups excluding carboxylic acids is 1. The van der Waals surface area contributed by atoms with Crippen LogP contribution in [0, 0.1) is 0 Å². The van der Waals surface area contributed by atoms with E-state index in [-0.39, 0.29) is 11.3 Å². The number of nitrogens with zero attached hydrogens (tertiary/aromatic N) is 3. The van der Waals surface area contributed by atoms with E-state index in [4.69, 9.17) is 5.10 Å². The molecular weight excluding hydrogens is 410 g/mol. The highest BCUT2D eigenvalue weighted by Crippen LogP contribution is 2.43. The summed E-state index contributed by atoms with van der Waals surface area (Å²) in [4.78, 5) is 15.9. The van der Waals surface area contributed by atoms with Gasteiger partial charge in [-0.25, -0.2) is 4.68 Å². The van der Waals surface area contributed by atoms with Crippen molar-refractivity contribution < 1.29 is 4.79 Å². The van der Waals surface area contributed by atoms with E-state index in [1.807, 2.05) is 52.0 Å². The summed E-state index contributed by atoms with van der Waals surface area (Å²) in [6.45, 7) is 0.709. The van der Waals surface area contributed by atoms with Gasteiger partial charge in [0.2, 0.25) is 5.91 Å². The van der Waals surface area contributed by atoms with Crippen molar-refractivity contribution in [2.24, 2.45) is 0 Å². The van der Waals surface area contributed by atoms with Crippen molar-refractivity contribution in [3.05, 3.63) is 95.5 Å². The maximum atomic E-state index is 12.7. The Balaban J connectivity index is 1.49. The molecule has 1 aliphatic heterocycles. The zero-order valence-electron chi connectivity index (χ0n) is 16.3. The van der Waals surface area contributed by atoms with Gasteiger partial charge in [-0.15, -0.1) is 23.1 Å². The summed E-state index contributed by atoms with van der Waals surface area (Å²) >= 11 is 3.38. The standard InChI is InChI=1S/C24H21N3OS2/c28-22-17-30-24(26(22)14-13-18-8-3-1-4-9-18)20-16-27(19-10-5-2-6-11-19)25-23(20)21-12-7-15-29-21/h1-12,15-16,24H,13-14,17H2. The molecule has 5 rings (SSSR count). The predicted molar refractivity (Wildman–Crippen MR) is 124 cm³/mol. The lowest BCUT2D eigenvalue weighted by Crippen LogP contribution is -2.30. The second kappa shape index (κ2) is 8.50. The first-order valence-corrected chi connectivity index (χ1v) is 11.9. The third-order valence-electron chi connectivity index (χ3n) is 5.24. The van der Waals surface area contributed by atoms with Gasteiger partial charge in [-0.05, 0) is 35.6 Å². The second-order valence-corrected chi connectivity index (χ2v) is 9.19. The Morgan fingerprint density at radius 1 is 0.967 bits per heavy atom. The van der Waals surface area contributed by atoms with E-state index in [9.17, 15) is 4.79 Å². The molecule has 4 nitrogen and oxygen atoms in total. The lowest BCUT2D eigenvalue weighted by Gasteiger charge is -2.24. The van der Waals surface area contributed by atoms with Gasteiger partial charge in [-0.3, -0.25) is 4.79 Å². The molecule has 0 spiro atoms. The molecule has 0 saturated carbocycles. The lowest BCUT2D eigenvalue weighted by molar-refractivity contribution is -0.128. The van der Waals surface area contributed by atoms with E-state index in [1.54, 1.807) is 23.1 Å². The number of amides is 1. The van der Waals surface area contributed by atoms with Crippen LogP contribution in [0.5, 0.6) is 0 Å². The van der Waals surface area contributed by atoms with Crippen LogP contribution in [0.3, 0.4) is 0 Å². The van der Waals surface area contributed by atoms with Crippen molar-refractivity contribution in [2.45, 2.75) is 11.8 Å². The van der Waals surface area contributed by atoms with E-state index in [0.29, 0.717) is 12.3 Å². The molecule has 1 unspecified atom stereocenters. The predicted octanol–water partition coefficient (Wildman–Crippen LogP) is 5.42.